The summed E-state index contributed by atoms with van der Waals surface area (Å²) in [5.74, 6) is -0.499. The van der Waals surface area contributed by atoms with Crippen LogP contribution in [-0.4, -0.2) is 5.91 Å². The zero-order valence-corrected chi connectivity index (χ0v) is 12.7. The van der Waals surface area contributed by atoms with Crippen molar-refractivity contribution in [3.63, 3.8) is 0 Å². The average Bonchev–Trinajstić information content (AvgIpc) is 2.44. The lowest BCUT2D eigenvalue weighted by Crippen LogP contribution is -2.13. The smallest absolute Gasteiger partial charge is 0.257 e. The molecule has 0 heterocycles. The molecule has 0 unspecified atom stereocenters. The van der Waals surface area contributed by atoms with Crippen LogP contribution in [0, 0.1) is 11.3 Å². The van der Waals surface area contributed by atoms with Gasteiger partial charge in [-0.1, -0.05) is 34.8 Å². The largest absolute Gasteiger partial charge is 0.399 e. The van der Waals surface area contributed by atoms with Crippen molar-refractivity contribution >= 4 is 52.1 Å². The van der Waals surface area contributed by atoms with E-state index in [1.165, 1.54) is 30.3 Å². The van der Waals surface area contributed by atoms with E-state index in [2.05, 4.69) is 5.32 Å². The molecule has 2 rings (SSSR count). The van der Waals surface area contributed by atoms with Crippen LogP contribution in [0.4, 0.5) is 11.4 Å². The lowest BCUT2D eigenvalue weighted by atomic mass is 10.1. The Morgan fingerprint density at radius 3 is 2.48 bits per heavy atom. The molecular formula is C14H8Cl3N3O. The number of hydrogen-bond acceptors (Lipinski definition) is 3. The predicted molar refractivity (Wildman–Crippen MR) is 85.0 cm³/mol. The highest BCUT2D eigenvalue weighted by atomic mass is 35.5. The number of rotatable bonds is 2. The van der Waals surface area contributed by atoms with Gasteiger partial charge in [0.1, 0.15) is 0 Å². The Kier molecular flexibility index (Phi) is 4.59. The number of amides is 1. The van der Waals surface area contributed by atoms with Crippen molar-refractivity contribution in [3.8, 4) is 6.07 Å². The Labute approximate surface area is 136 Å². The minimum absolute atomic E-state index is 0.105. The van der Waals surface area contributed by atoms with Crippen LogP contribution in [0.3, 0.4) is 0 Å². The molecule has 3 N–H and O–H groups in total. The average molecular weight is 341 g/mol. The first-order valence-corrected chi connectivity index (χ1v) is 6.81. The first kappa shape index (κ1) is 15.5. The molecule has 21 heavy (non-hydrogen) atoms. The lowest BCUT2D eigenvalue weighted by Gasteiger charge is -2.10. The maximum Gasteiger partial charge on any atom is 0.257 e. The normalized spacial score (nSPS) is 10.0. The molecule has 0 aliphatic rings. The summed E-state index contributed by atoms with van der Waals surface area (Å²) in [6, 6.07) is 9.34. The zero-order chi connectivity index (χ0) is 15.6. The number of halogens is 3. The van der Waals surface area contributed by atoms with E-state index >= 15 is 0 Å². The highest BCUT2D eigenvalue weighted by molar-refractivity contribution is 6.44. The van der Waals surface area contributed by atoms with Crippen LogP contribution in [-0.2, 0) is 0 Å². The fourth-order valence-corrected chi connectivity index (χ4v) is 2.30. The molecule has 0 saturated carbocycles. The number of benzene rings is 2. The first-order chi connectivity index (χ1) is 9.92. The second kappa shape index (κ2) is 6.23. The maximum atomic E-state index is 12.2. The zero-order valence-electron chi connectivity index (χ0n) is 10.5. The summed E-state index contributed by atoms with van der Waals surface area (Å²) in [4.78, 5) is 12.2. The molecule has 0 radical (unpaired) electrons. The number of hydrogen-bond donors (Lipinski definition) is 2. The number of nitriles is 1. The summed E-state index contributed by atoms with van der Waals surface area (Å²) in [6.07, 6.45) is 0. The van der Waals surface area contributed by atoms with Gasteiger partial charge in [0.25, 0.3) is 5.91 Å². The third-order valence-corrected chi connectivity index (χ3v) is 3.76. The number of carbonyl (C=O) groups is 1. The monoisotopic (exact) mass is 339 g/mol. The summed E-state index contributed by atoms with van der Waals surface area (Å²) in [5, 5.41) is 11.9. The number of nitrogens with one attached hydrogen (secondary N) is 1. The minimum atomic E-state index is -0.499. The first-order valence-electron chi connectivity index (χ1n) is 5.68. The van der Waals surface area contributed by atoms with Gasteiger partial charge in [0.05, 0.1) is 38.0 Å². The van der Waals surface area contributed by atoms with E-state index < -0.39 is 5.91 Å². The molecule has 4 nitrogen and oxygen atoms in total. The third kappa shape index (κ3) is 3.40. The van der Waals surface area contributed by atoms with Gasteiger partial charge in [0.15, 0.2) is 0 Å². The number of anilines is 2. The molecule has 0 atom stereocenters. The van der Waals surface area contributed by atoms with Gasteiger partial charge in [-0.25, -0.2) is 0 Å². The highest BCUT2D eigenvalue weighted by Gasteiger charge is 2.15. The van der Waals surface area contributed by atoms with Crippen molar-refractivity contribution in [1.82, 2.24) is 0 Å². The molecule has 2 aromatic rings. The van der Waals surface area contributed by atoms with Crippen molar-refractivity contribution in [3.05, 3.63) is 56.5 Å². The van der Waals surface area contributed by atoms with Crippen LogP contribution in [0.1, 0.15) is 15.9 Å². The predicted octanol–water partition coefficient (Wildman–Crippen LogP) is 4.35. The van der Waals surface area contributed by atoms with E-state index in [1.54, 1.807) is 0 Å². The van der Waals surface area contributed by atoms with Crippen LogP contribution in [0.2, 0.25) is 15.1 Å². The molecule has 0 aromatic heterocycles. The number of nitrogen functional groups attached to an aromatic ring is 1. The van der Waals surface area contributed by atoms with Crippen molar-refractivity contribution in [1.29, 1.82) is 5.26 Å². The van der Waals surface area contributed by atoms with E-state index in [4.69, 9.17) is 45.8 Å². The highest BCUT2D eigenvalue weighted by Crippen LogP contribution is 2.30. The molecule has 0 bridgehead atoms. The molecule has 0 spiro atoms. The van der Waals surface area contributed by atoms with Crippen LogP contribution < -0.4 is 11.1 Å². The number of carbonyl (C=O) groups excluding carboxylic acids is 1. The summed E-state index contributed by atoms with van der Waals surface area (Å²) in [6.45, 7) is 0. The van der Waals surface area contributed by atoms with Crippen molar-refractivity contribution in [2.75, 3.05) is 11.1 Å². The number of nitrogens with two attached hydrogens (primary N) is 1. The van der Waals surface area contributed by atoms with Crippen molar-refractivity contribution in [2.24, 2.45) is 0 Å². The second-order valence-corrected chi connectivity index (χ2v) is 5.32. The molecule has 1 amide bonds. The summed E-state index contributed by atoms with van der Waals surface area (Å²) in [5.41, 5.74) is 6.85. The SMILES string of the molecule is N#Cc1ccc(NC(=O)c2cc(N)cc(Cl)c2Cl)c(Cl)c1. The Balaban J connectivity index is 2.33. The third-order valence-electron chi connectivity index (χ3n) is 2.64. The van der Waals surface area contributed by atoms with Crippen LogP contribution in [0.15, 0.2) is 30.3 Å². The summed E-state index contributed by atoms with van der Waals surface area (Å²) >= 11 is 17.9. The fourth-order valence-electron chi connectivity index (χ4n) is 1.65. The molecule has 0 fully saturated rings. The molecule has 0 aliphatic heterocycles. The summed E-state index contributed by atoms with van der Waals surface area (Å²) in [7, 11) is 0. The van der Waals surface area contributed by atoms with Crippen LogP contribution in [0.5, 0.6) is 0 Å². The van der Waals surface area contributed by atoms with Gasteiger partial charge in [-0.3, -0.25) is 4.79 Å². The van der Waals surface area contributed by atoms with Gasteiger partial charge in [0, 0.05) is 5.69 Å². The summed E-state index contributed by atoms with van der Waals surface area (Å²) < 4.78 is 0. The van der Waals surface area contributed by atoms with Gasteiger partial charge >= 0.3 is 0 Å². The Morgan fingerprint density at radius 2 is 1.86 bits per heavy atom. The maximum absolute atomic E-state index is 12.2. The van der Waals surface area contributed by atoms with Gasteiger partial charge in [-0.05, 0) is 30.3 Å². The Hall–Kier alpha value is -1.93. The van der Waals surface area contributed by atoms with Gasteiger partial charge in [-0.2, -0.15) is 5.26 Å². The minimum Gasteiger partial charge on any atom is -0.399 e. The van der Waals surface area contributed by atoms with E-state index in [-0.39, 0.29) is 20.6 Å². The Morgan fingerprint density at radius 1 is 1.14 bits per heavy atom. The molecular weight excluding hydrogens is 333 g/mol. The quantitative estimate of drug-likeness (QED) is 0.797. The molecule has 0 aliphatic carbocycles. The van der Waals surface area contributed by atoms with Crippen LogP contribution >= 0.6 is 34.8 Å². The molecule has 106 valence electrons. The van der Waals surface area contributed by atoms with E-state index in [9.17, 15) is 4.79 Å². The standard InChI is InChI=1S/C14H8Cl3N3O/c15-10-3-7(6-18)1-2-12(10)20-14(21)9-4-8(19)5-11(16)13(9)17/h1-5H,19H2,(H,20,21). The van der Waals surface area contributed by atoms with Gasteiger partial charge in [0.2, 0.25) is 0 Å². The molecule has 7 heteroatoms. The number of nitrogens with zero attached hydrogens (tertiary/aromatic N) is 1. The topological polar surface area (TPSA) is 78.9 Å². The van der Waals surface area contributed by atoms with Crippen molar-refractivity contribution in [2.45, 2.75) is 0 Å². The molecule has 2 aromatic carbocycles. The van der Waals surface area contributed by atoms with E-state index in [1.807, 2.05) is 6.07 Å². The molecule has 0 saturated heterocycles. The van der Waals surface area contributed by atoms with Crippen molar-refractivity contribution < 1.29 is 4.79 Å². The Bertz CT molecular complexity index is 769. The van der Waals surface area contributed by atoms with Crippen LogP contribution in [0.25, 0.3) is 0 Å². The van der Waals surface area contributed by atoms with Gasteiger partial charge in [-0.15, -0.1) is 0 Å². The lowest BCUT2D eigenvalue weighted by molar-refractivity contribution is 0.102. The van der Waals surface area contributed by atoms with Gasteiger partial charge < -0.3 is 11.1 Å². The van der Waals surface area contributed by atoms with E-state index in [0.717, 1.165) is 0 Å². The van der Waals surface area contributed by atoms with E-state index in [0.29, 0.717) is 16.9 Å². The fraction of sp³-hybridized carbons (Fsp3) is 0. The second-order valence-electron chi connectivity index (χ2n) is 4.12.